The molecule has 1 aromatic carbocycles. The Balaban J connectivity index is 1.48. The van der Waals surface area contributed by atoms with Crippen LogP contribution in [0.2, 0.25) is 0 Å². The van der Waals surface area contributed by atoms with Crippen molar-refractivity contribution in [1.29, 1.82) is 0 Å². The number of carbonyl (C=O) groups excluding carboxylic acids is 2. The summed E-state index contributed by atoms with van der Waals surface area (Å²) in [5.74, 6) is -1.70. The van der Waals surface area contributed by atoms with Crippen LogP contribution in [0.3, 0.4) is 0 Å². The Kier molecular flexibility index (Phi) is 3.91. The Morgan fingerprint density at radius 2 is 2.12 bits per heavy atom. The summed E-state index contributed by atoms with van der Waals surface area (Å²) in [6.45, 7) is 0.856. The zero-order chi connectivity index (χ0) is 18.5. The minimum Gasteiger partial charge on any atom is -0.550 e. The van der Waals surface area contributed by atoms with Crippen LogP contribution >= 0.6 is 0 Å². The van der Waals surface area contributed by atoms with Crippen molar-refractivity contribution in [1.82, 2.24) is 4.90 Å². The number of carboxylic acids is 1. The van der Waals surface area contributed by atoms with Crippen molar-refractivity contribution in [3.63, 3.8) is 0 Å². The molecule has 1 spiro atoms. The molecule has 2 bridgehead atoms. The third-order valence-electron chi connectivity index (χ3n) is 5.57. The molecule has 3 aliphatic rings. The van der Waals surface area contributed by atoms with Gasteiger partial charge in [-0.15, -0.1) is 0 Å². The fraction of sp³-hybridized carbons (Fsp3) is 0.474. The first-order chi connectivity index (χ1) is 12.5. The number of carbonyl (C=O) groups is 2. The van der Waals surface area contributed by atoms with Crippen molar-refractivity contribution in [2.24, 2.45) is 11.8 Å². The first kappa shape index (κ1) is 16.9. The van der Waals surface area contributed by atoms with Crippen molar-refractivity contribution in [3.05, 3.63) is 35.9 Å². The largest absolute Gasteiger partial charge is 0.550 e. The Labute approximate surface area is 151 Å². The minimum absolute atomic E-state index is 0.175. The Morgan fingerprint density at radius 1 is 1.35 bits per heavy atom. The normalized spacial score (nSPS) is 31.4. The third kappa shape index (κ3) is 2.38. The Morgan fingerprint density at radius 3 is 2.81 bits per heavy atom. The predicted octanol–water partition coefficient (Wildman–Crippen LogP) is -0.222. The number of amides is 1. The van der Waals surface area contributed by atoms with Crippen molar-refractivity contribution in [2.45, 2.75) is 18.1 Å². The average molecular weight is 358 g/mol. The number of fused-ring (bicyclic) bond motifs is 1. The molecule has 0 aliphatic carbocycles. The number of rotatable bonds is 6. The van der Waals surface area contributed by atoms with Crippen LogP contribution in [0.1, 0.15) is 5.56 Å². The van der Waals surface area contributed by atoms with Gasteiger partial charge >= 0.3 is 0 Å². The summed E-state index contributed by atoms with van der Waals surface area (Å²) < 4.78 is 16.4. The molecular formula is C19H20NO6-. The van der Waals surface area contributed by atoms with E-state index in [0.717, 1.165) is 5.56 Å². The maximum absolute atomic E-state index is 12.8. The van der Waals surface area contributed by atoms with Crippen LogP contribution in [0, 0.1) is 11.8 Å². The molecule has 0 N–H and O–H groups in total. The second-order valence-electron chi connectivity index (χ2n) is 6.92. The quantitative estimate of drug-likeness (QED) is 0.653. The first-order valence-corrected chi connectivity index (χ1v) is 8.57. The zero-order valence-corrected chi connectivity index (χ0v) is 14.6. The number of ether oxygens (including phenoxy) is 3. The lowest BCUT2D eigenvalue weighted by molar-refractivity contribution is -0.313. The van der Waals surface area contributed by atoms with Gasteiger partial charge in [-0.1, -0.05) is 18.2 Å². The smallest absolute Gasteiger partial charge is 0.229 e. The number of carboxylic acid groups (broad SMARTS) is 1. The molecule has 4 atom stereocenters. The standard InChI is InChI=1S/C19H21NO6/c1-24-12-4-3-11(9-14(12)25-2)6-8-20-10-19-7-5-13(26-19)15(18(22)23)16(19)17(20)21/h3-5,7,9,13,15-16H,6,8,10H2,1-2H3,(H,22,23)/p-1/t13-,15-,16-,19+/m0/s1. The van der Waals surface area contributed by atoms with Crippen LogP contribution in [0.25, 0.3) is 0 Å². The lowest BCUT2D eigenvalue weighted by atomic mass is 9.77. The lowest BCUT2D eigenvalue weighted by Gasteiger charge is -2.24. The van der Waals surface area contributed by atoms with Crippen LogP contribution in [-0.4, -0.2) is 55.8 Å². The molecule has 7 heteroatoms. The number of methoxy groups -OCH3 is 2. The average Bonchev–Trinajstić information content (AvgIpc) is 3.27. The van der Waals surface area contributed by atoms with Gasteiger partial charge in [-0.05, 0) is 24.1 Å². The van der Waals surface area contributed by atoms with E-state index in [2.05, 4.69) is 0 Å². The maximum Gasteiger partial charge on any atom is 0.229 e. The van der Waals surface area contributed by atoms with Gasteiger partial charge in [0, 0.05) is 18.4 Å². The van der Waals surface area contributed by atoms with E-state index in [1.807, 2.05) is 24.3 Å². The lowest BCUT2D eigenvalue weighted by Crippen LogP contribution is -2.45. The van der Waals surface area contributed by atoms with Crippen LogP contribution in [0.15, 0.2) is 30.4 Å². The first-order valence-electron chi connectivity index (χ1n) is 8.57. The van der Waals surface area contributed by atoms with Gasteiger partial charge in [-0.3, -0.25) is 4.79 Å². The van der Waals surface area contributed by atoms with Gasteiger partial charge in [0.05, 0.1) is 32.8 Å². The summed E-state index contributed by atoms with van der Waals surface area (Å²) in [5, 5.41) is 11.5. The topological polar surface area (TPSA) is 88.1 Å². The van der Waals surface area contributed by atoms with Gasteiger partial charge < -0.3 is 29.0 Å². The summed E-state index contributed by atoms with van der Waals surface area (Å²) in [7, 11) is 3.15. The van der Waals surface area contributed by atoms with E-state index in [0.29, 0.717) is 31.0 Å². The van der Waals surface area contributed by atoms with Crippen molar-refractivity contribution < 1.29 is 28.9 Å². The number of hydrogen-bond acceptors (Lipinski definition) is 6. The highest BCUT2D eigenvalue weighted by atomic mass is 16.5. The molecule has 26 heavy (non-hydrogen) atoms. The number of benzene rings is 1. The van der Waals surface area contributed by atoms with E-state index < -0.39 is 29.5 Å². The SMILES string of the molecule is COc1ccc(CCN2C[C@@]34C=C[C@H](O3)[C@H](C(=O)[O-])[C@H]4C2=O)cc1OC. The van der Waals surface area contributed by atoms with E-state index in [1.54, 1.807) is 25.2 Å². The van der Waals surface area contributed by atoms with E-state index in [4.69, 9.17) is 14.2 Å². The number of aliphatic carboxylic acids is 1. The highest BCUT2D eigenvalue weighted by Crippen LogP contribution is 2.51. The molecule has 4 rings (SSSR count). The second kappa shape index (κ2) is 6.02. The van der Waals surface area contributed by atoms with E-state index in [-0.39, 0.29) is 5.91 Å². The molecule has 1 amide bonds. The number of hydrogen-bond donors (Lipinski definition) is 0. The second-order valence-corrected chi connectivity index (χ2v) is 6.92. The van der Waals surface area contributed by atoms with Gasteiger partial charge in [0.15, 0.2) is 11.5 Å². The van der Waals surface area contributed by atoms with Gasteiger partial charge in [0.1, 0.15) is 5.60 Å². The summed E-state index contributed by atoms with van der Waals surface area (Å²) in [5.41, 5.74) is 0.187. The van der Waals surface area contributed by atoms with Gasteiger partial charge in [-0.25, -0.2) is 0 Å². The van der Waals surface area contributed by atoms with E-state index >= 15 is 0 Å². The van der Waals surface area contributed by atoms with Gasteiger partial charge in [0.2, 0.25) is 5.91 Å². The van der Waals surface area contributed by atoms with Crippen LogP contribution in [0.5, 0.6) is 11.5 Å². The van der Waals surface area contributed by atoms with Crippen molar-refractivity contribution in [3.8, 4) is 11.5 Å². The molecule has 0 saturated carbocycles. The molecule has 0 aromatic heterocycles. The van der Waals surface area contributed by atoms with Crippen LogP contribution < -0.4 is 14.6 Å². The molecule has 7 nitrogen and oxygen atoms in total. The summed E-state index contributed by atoms with van der Waals surface area (Å²) in [6.07, 6.45) is 3.65. The molecule has 3 aliphatic heterocycles. The molecule has 2 fully saturated rings. The van der Waals surface area contributed by atoms with Crippen molar-refractivity contribution in [2.75, 3.05) is 27.3 Å². The molecule has 138 valence electrons. The molecular weight excluding hydrogens is 338 g/mol. The fourth-order valence-corrected chi connectivity index (χ4v) is 4.34. The molecule has 0 radical (unpaired) electrons. The number of nitrogens with zero attached hydrogens (tertiary/aromatic N) is 1. The summed E-state index contributed by atoms with van der Waals surface area (Å²) in [6, 6.07) is 5.63. The zero-order valence-electron chi connectivity index (χ0n) is 14.6. The molecule has 2 saturated heterocycles. The van der Waals surface area contributed by atoms with E-state index in [1.165, 1.54) is 0 Å². The Bertz CT molecular complexity index is 790. The minimum atomic E-state index is -1.22. The Hall–Kier alpha value is -2.54. The number of likely N-dealkylation sites (tertiary alicyclic amines) is 1. The monoisotopic (exact) mass is 358 g/mol. The molecule has 1 aromatic rings. The van der Waals surface area contributed by atoms with E-state index in [9.17, 15) is 14.7 Å². The van der Waals surface area contributed by atoms with Crippen LogP contribution in [-0.2, 0) is 20.7 Å². The summed E-state index contributed by atoms with van der Waals surface area (Å²) in [4.78, 5) is 26.0. The van der Waals surface area contributed by atoms with Gasteiger partial charge in [-0.2, -0.15) is 0 Å². The van der Waals surface area contributed by atoms with Crippen LogP contribution in [0.4, 0.5) is 0 Å². The maximum atomic E-state index is 12.8. The molecule has 3 heterocycles. The third-order valence-corrected chi connectivity index (χ3v) is 5.57. The van der Waals surface area contributed by atoms with Crippen molar-refractivity contribution >= 4 is 11.9 Å². The highest BCUT2D eigenvalue weighted by molar-refractivity contribution is 5.90. The summed E-state index contributed by atoms with van der Waals surface area (Å²) >= 11 is 0. The molecule has 0 unspecified atom stereocenters. The highest BCUT2D eigenvalue weighted by Gasteiger charge is 2.65. The fourth-order valence-electron chi connectivity index (χ4n) is 4.34. The van der Waals surface area contributed by atoms with Gasteiger partial charge in [0.25, 0.3) is 0 Å². The predicted molar refractivity (Wildman–Crippen MR) is 88.6 cm³/mol.